The fourth-order valence-corrected chi connectivity index (χ4v) is 1.93. The molecular formula is C15H24N2OS. The molecular weight excluding hydrogens is 256 g/mol. The van der Waals surface area contributed by atoms with E-state index >= 15 is 0 Å². The summed E-state index contributed by atoms with van der Waals surface area (Å²) in [5.74, 6) is 0. The smallest absolute Gasteiger partial charge is 0.166 e. The van der Waals surface area contributed by atoms with Crippen molar-refractivity contribution in [1.82, 2.24) is 10.6 Å². The van der Waals surface area contributed by atoms with Gasteiger partial charge in [0.15, 0.2) is 5.11 Å². The highest BCUT2D eigenvalue weighted by Crippen LogP contribution is 2.01. The third kappa shape index (κ3) is 8.56. The van der Waals surface area contributed by atoms with Crippen LogP contribution in [0.4, 0.5) is 0 Å². The number of hydrogen-bond donors (Lipinski definition) is 2. The maximum Gasteiger partial charge on any atom is 0.166 e. The predicted molar refractivity (Wildman–Crippen MR) is 84.5 cm³/mol. The van der Waals surface area contributed by atoms with Gasteiger partial charge < -0.3 is 15.4 Å². The lowest BCUT2D eigenvalue weighted by molar-refractivity contribution is 0.145. The van der Waals surface area contributed by atoms with Gasteiger partial charge in [-0.2, -0.15) is 0 Å². The quantitative estimate of drug-likeness (QED) is 0.538. The number of nitrogens with one attached hydrogen (secondary N) is 2. The van der Waals surface area contributed by atoms with Gasteiger partial charge >= 0.3 is 0 Å². The molecule has 2 N–H and O–H groups in total. The Hall–Kier alpha value is -1.13. The van der Waals surface area contributed by atoms with Crippen LogP contribution in [0.3, 0.4) is 0 Å². The maximum absolute atomic E-state index is 5.26. The van der Waals surface area contributed by atoms with Crippen LogP contribution in [-0.4, -0.2) is 31.4 Å². The summed E-state index contributed by atoms with van der Waals surface area (Å²) < 4.78 is 5.26. The van der Waals surface area contributed by atoms with E-state index in [4.69, 9.17) is 17.0 Å². The lowest BCUT2D eigenvalue weighted by Gasteiger charge is -2.10. The summed E-state index contributed by atoms with van der Waals surface area (Å²) >= 11 is 5.20. The molecule has 1 aromatic carbocycles. The van der Waals surface area contributed by atoms with Crippen molar-refractivity contribution in [2.24, 2.45) is 0 Å². The Morgan fingerprint density at radius 1 is 1.11 bits per heavy atom. The Bertz CT molecular complexity index is 343. The van der Waals surface area contributed by atoms with Crippen LogP contribution in [-0.2, 0) is 11.2 Å². The molecule has 0 aliphatic rings. The Balaban J connectivity index is 1.95. The number of thiocarbonyl (C=S) groups is 1. The lowest BCUT2D eigenvalue weighted by atomic mass is 10.1. The summed E-state index contributed by atoms with van der Waals surface area (Å²) in [7, 11) is 0. The van der Waals surface area contributed by atoms with Gasteiger partial charge in [-0.15, -0.1) is 0 Å². The molecule has 0 bridgehead atoms. The third-order valence-electron chi connectivity index (χ3n) is 2.73. The van der Waals surface area contributed by atoms with E-state index in [1.165, 1.54) is 5.56 Å². The van der Waals surface area contributed by atoms with Crippen LogP contribution < -0.4 is 10.6 Å². The maximum atomic E-state index is 5.26. The molecule has 0 amide bonds. The molecule has 0 fully saturated rings. The zero-order valence-corrected chi connectivity index (χ0v) is 12.5. The Kier molecular flexibility index (Phi) is 9.02. The molecule has 0 spiro atoms. The van der Waals surface area contributed by atoms with Gasteiger partial charge in [0.05, 0.1) is 0 Å². The van der Waals surface area contributed by atoms with Crippen LogP contribution in [0.15, 0.2) is 30.3 Å². The summed E-state index contributed by atoms with van der Waals surface area (Å²) in [6.07, 6.45) is 3.16. The fourth-order valence-electron chi connectivity index (χ4n) is 1.72. The van der Waals surface area contributed by atoms with Crippen LogP contribution in [0.25, 0.3) is 0 Å². The third-order valence-corrected chi connectivity index (χ3v) is 3.01. The Labute approximate surface area is 121 Å². The molecule has 19 heavy (non-hydrogen) atoms. The van der Waals surface area contributed by atoms with Gasteiger partial charge in [0.1, 0.15) is 0 Å². The molecule has 0 heterocycles. The lowest BCUT2D eigenvalue weighted by Crippen LogP contribution is -2.36. The van der Waals surface area contributed by atoms with Crippen molar-refractivity contribution in [3.8, 4) is 0 Å². The second kappa shape index (κ2) is 10.8. The van der Waals surface area contributed by atoms with Crippen LogP contribution >= 0.6 is 12.2 Å². The Morgan fingerprint density at radius 3 is 2.47 bits per heavy atom. The minimum Gasteiger partial charge on any atom is -0.382 e. The van der Waals surface area contributed by atoms with Gasteiger partial charge in [-0.05, 0) is 44.0 Å². The molecule has 3 nitrogen and oxygen atoms in total. The molecule has 0 unspecified atom stereocenters. The highest BCUT2D eigenvalue weighted by atomic mass is 32.1. The molecule has 0 saturated carbocycles. The van der Waals surface area contributed by atoms with Crippen molar-refractivity contribution in [2.75, 3.05) is 26.3 Å². The SMILES string of the molecule is CCOCCCNC(=S)NCCCc1ccccc1. The summed E-state index contributed by atoms with van der Waals surface area (Å²) in [6, 6.07) is 10.5. The highest BCUT2D eigenvalue weighted by molar-refractivity contribution is 7.80. The van der Waals surface area contributed by atoms with E-state index in [0.29, 0.717) is 0 Å². The van der Waals surface area contributed by atoms with Gasteiger partial charge in [0.2, 0.25) is 0 Å². The van der Waals surface area contributed by atoms with Gasteiger partial charge in [-0.25, -0.2) is 0 Å². The van der Waals surface area contributed by atoms with E-state index < -0.39 is 0 Å². The van der Waals surface area contributed by atoms with Gasteiger partial charge in [-0.3, -0.25) is 0 Å². The number of ether oxygens (including phenoxy) is 1. The fraction of sp³-hybridized carbons (Fsp3) is 0.533. The first kappa shape index (κ1) is 15.9. The summed E-state index contributed by atoms with van der Waals surface area (Å²) in [5, 5.41) is 7.14. The van der Waals surface area contributed by atoms with E-state index in [1.807, 2.05) is 13.0 Å². The molecule has 0 aliphatic heterocycles. The first-order valence-corrected chi connectivity index (χ1v) is 7.37. The molecule has 0 atom stereocenters. The normalized spacial score (nSPS) is 10.2. The standard InChI is InChI=1S/C15H24N2OS/c1-2-18-13-7-12-17-15(19)16-11-6-10-14-8-4-3-5-9-14/h3-5,8-9H,2,6-7,10-13H2,1H3,(H2,16,17,19). The largest absolute Gasteiger partial charge is 0.382 e. The minimum atomic E-state index is 0.740. The van der Waals surface area contributed by atoms with Crippen LogP contribution in [0, 0.1) is 0 Å². The molecule has 0 radical (unpaired) electrons. The average Bonchev–Trinajstić information content (AvgIpc) is 2.44. The molecule has 1 aromatic rings. The molecule has 106 valence electrons. The van der Waals surface area contributed by atoms with E-state index in [2.05, 4.69) is 34.9 Å². The zero-order valence-electron chi connectivity index (χ0n) is 11.7. The summed E-state index contributed by atoms with van der Waals surface area (Å²) in [6.45, 7) is 5.35. The topological polar surface area (TPSA) is 33.3 Å². The van der Waals surface area contributed by atoms with Crippen molar-refractivity contribution in [1.29, 1.82) is 0 Å². The highest BCUT2D eigenvalue weighted by Gasteiger charge is 1.95. The monoisotopic (exact) mass is 280 g/mol. The predicted octanol–water partition coefficient (Wildman–Crippen LogP) is 2.51. The first-order chi connectivity index (χ1) is 9.33. The van der Waals surface area contributed by atoms with Gasteiger partial charge in [0.25, 0.3) is 0 Å². The van der Waals surface area contributed by atoms with Gasteiger partial charge in [-0.1, -0.05) is 30.3 Å². The molecule has 1 rings (SSSR count). The van der Waals surface area contributed by atoms with Crippen LogP contribution in [0.5, 0.6) is 0 Å². The number of rotatable bonds is 9. The zero-order chi connectivity index (χ0) is 13.8. The van der Waals surface area contributed by atoms with Crippen molar-refractivity contribution in [3.05, 3.63) is 35.9 Å². The van der Waals surface area contributed by atoms with Crippen molar-refractivity contribution in [2.45, 2.75) is 26.2 Å². The number of benzene rings is 1. The second-order valence-corrected chi connectivity index (χ2v) is 4.73. The van der Waals surface area contributed by atoms with E-state index in [9.17, 15) is 0 Å². The van der Waals surface area contributed by atoms with Crippen molar-refractivity contribution >= 4 is 17.3 Å². The summed E-state index contributed by atoms with van der Waals surface area (Å²) in [4.78, 5) is 0. The van der Waals surface area contributed by atoms with Crippen molar-refractivity contribution < 1.29 is 4.74 Å². The van der Waals surface area contributed by atoms with Crippen molar-refractivity contribution in [3.63, 3.8) is 0 Å². The Morgan fingerprint density at radius 2 is 1.79 bits per heavy atom. The molecule has 0 saturated heterocycles. The average molecular weight is 280 g/mol. The van der Waals surface area contributed by atoms with Crippen LogP contribution in [0.1, 0.15) is 25.3 Å². The summed E-state index contributed by atoms with van der Waals surface area (Å²) in [5.41, 5.74) is 1.37. The van der Waals surface area contributed by atoms with E-state index in [0.717, 1.165) is 50.7 Å². The van der Waals surface area contributed by atoms with E-state index in [-0.39, 0.29) is 0 Å². The van der Waals surface area contributed by atoms with Gasteiger partial charge in [0, 0.05) is 26.3 Å². The molecule has 4 heteroatoms. The van der Waals surface area contributed by atoms with Crippen LogP contribution in [0.2, 0.25) is 0 Å². The first-order valence-electron chi connectivity index (χ1n) is 6.96. The van der Waals surface area contributed by atoms with E-state index in [1.54, 1.807) is 0 Å². The number of aryl methyl sites for hydroxylation is 1. The molecule has 0 aliphatic carbocycles. The minimum absolute atomic E-state index is 0.740. The number of hydrogen-bond acceptors (Lipinski definition) is 2. The second-order valence-electron chi connectivity index (χ2n) is 4.32. The molecule has 0 aromatic heterocycles.